The third kappa shape index (κ3) is 5.25. The number of rotatable bonds is 7. The lowest BCUT2D eigenvalue weighted by molar-refractivity contribution is 0.0696. The highest BCUT2D eigenvalue weighted by molar-refractivity contribution is 5.93. The van der Waals surface area contributed by atoms with Crippen molar-refractivity contribution in [3.8, 4) is 16.9 Å². The molecule has 194 valence electrons. The van der Waals surface area contributed by atoms with Gasteiger partial charge >= 0.3 is 12.1 Å². The molecule has 2 heterocycles. The fraction of sp³-hybridized carbons (Fsp3) is 0.233. The van der Waals surface area contributed by atoms with Crippen LogP contribution in [-0.2, 0) is 17.7 Å². The SMILES string of the molecule is Cc1cccc(CCOC(=O)N2CCOc3c(-c4cnn(Cc5cccc(C(=O)O)c5)c4)cccc32)c1C. The Morgan fingerprint density at radius 2 is 1.89 bits per heavy atom. The summed E-state index contributed by atoms with van der Waals surface area (Å²) < 4.78 is 13.4. The van der Waals surface area contributed by atoms with Gasteiger partial charge in [-0.15, -0.1) is 0 Å². The molecule has 1 aromatic heterocycles. The van der Waals surface area contributed by atoms with E-state index in [1.54, 1.807) is 34.0 Å². The lowest BCUT2D eigenvalue weighted by atomic mass is 10.0. The number of para-hydroxylation sites is 1. The number of carboxylic acid groups (broad SMARTS) is 1. The second kappa shape index (κ2) is 10.8. The van der Waals surface area contributed by atoms with Crippen molar-refractivity contribution in [2.75, 3.05) is 24.7 Å². The van der Waals surface area contributed by atoms with Crippen molar-refractivity contribution in [1.82, 2.24) is 9.78 Å². The number of hydrogen-bond acceptors (Lipinski definition) is 5. The smallest absolute Gasteiger partial charge is 0.414 e. The standard InChI is InChI=1S/C30H29N3O5/c1-20-6-3-8-23(21(20)2)12-14-38-30(36)33-13-15-37-28-26(10-5-11-27(28)33)25-17-31-32(19-25)18-22-7-4-9-24(16-22)29(34)35/h3-11,16-17,19H,12-15,18H2,1-2H3,(H,34,35). The van der Waals surface area contributed by atoms with Gasteiger partial charge < -0.3 is 14.6 Å². The molecule has 0 spiro atoms. The summed E-state index contributed by atoms with van der Waals surface area (Å²) in [5, 5.41) is 13.7. The third-order valence-corrected chi connectivity index (χ3v) is 6.84. The minimum atomic E-state index is -0.963. The van der Waals surface area contributed by atoms with Crippen LogP contribution >= 0.6 is 0 Å². The maximum absolute atomic E-state index is 13.0. The highest BCUT2D eigenvalue weighted by Crippen LogP contribution is 2.40. The second-order valence-corrected chi connectivity index (χ2v) is 9.31. The first kappa shape index (κ1) is 25.1. The van der Waals surface area contributed by atoms with Crippen LogP contribution in [0.3, 0.4) is 0 Å². The summed E-state index contributed by atoms with van der Waals surface area (Å²) in [5.74, 6) is -0.355. The van der Waals surface area contributed by atoms with Crippen LogP contribution in [0.5, 0.6) is 5.75 Å². The summed E-state index contributed by atoms with van der Waals surface area (Å²) in [6, 6.07) is 18.6. The Hall–Kier alpha value is -4.59. The van der Waals surface area contributed by atoms with Crippen molar-refractivity contribution < 1.29 is 24.2 Å². The summed E-state index contributed by atoms with van der Waals surface area (Å²) in [6.07, 6.45) is 3.88. The van der Waals surface area contributed by atoms with Gasteiger partial charge in [0.05, 0.1) is 37.1 Å². The Bertz CT molecular complexity index is 1490. The average molecular weight is 512 g/mol. The quantitative estimate of drug-likeness (QED) is 0.353. The number of amides is 1. The number of aromatic carboxylic acids is 1. The monoisotopic (exact) mass is 511 g/mol. The molecule has 3 aromatic carbocycles. The van der Waals surface area contributed by atoms with Gasteiger partial charge in [-0.3, -0.25) is 9.58 Å². The van der Waals surface area contributed by atoms with E-state index in [-0.39, 0.29) is 5.56 Å². The Balaban J connectivity index is 1.30. The van der Waals surface area contributed by atoms with Gasteiger partial charge in [0.15, 0.2) is 5.75 Å². The lowest BCUT2D eigenvalue weighted by Crippen LogP contribution is -2.38. The van der Waals surface area contributed by atoms with Crippen LogP contribution in [0.4, 0.5) is 10.5 Å². The van der Waals surface area contributed by atoms with E-state index in [0.717, 1.165) is 16.7 Å². The molecule has 0 radical (unpaired) electrons. The van der Waals surface area contributed by atoms with Gasteiger partial charge in [-0.25, -0.2) is 9.59 Å². The van der Waals surface area contributed by atoms with Gasteiger partial charge in [0.25, 0.3) is 0 Å². The third-order valence-electron chi connectivity index (χ3n) is 6.84. The summed E-state index contributed by atoms with van der Waals surface area (Å²) in [7, 11) is 0. The maximum Gasteiger partial charge on any atom is 0.414 e. The Morgan fingerprint density at radius 3 is 2.74 bits per heavy atom. The first-order chi connectivity index (χ1) is 18.4. The number of aryl methyl sites for hydroxylation is 1. The van der Waals surface area contributed by atoms with E-state index < -0.39 is 12.1 Å². The highest BCUT2D eigenvalue weighted by Gasteiger charge is 2.27. The Morgan fingerprint density at radius 1 is 1.08 bits per heavy atom. The highest BCUT2D eigenvalue weighted by atomic mass is 16.6. The van der Waals surface area contributed by atoms with Gasteiger partial charge in [0.2, 0.25) is 0 Å². The van der Waals surface area contributed by atoms with Crippen LogP contribution < -0.4 is 9.64 Å². The number of aromatic nitrogens is 2. The summed E-state index contributed by atoms with van der Waals surface area (Å²) in [5.41, 5.74) is 7.01. The topological polar surface area (TPSA) is 93.9 Å². The van der Waals surface area contributed by atoms with Gasteiger partial charge in [-0.2, -0.15) is 5.10 Å². The predicted molar refractivity (Wildman–Crippen MR) is 144 cm³/mol. The van der Waals surface area contributed by atoms with Gasteiger partial charge in [-0.05, 0) is 54.3 Å². The minimum Gasteiger partial charge on any atom is -0.489 e. The first-order valence-electron chi connectivity index (χ1n) is 12.5. The predicted octanol–water partition coefficient (Wildman–Crippen LogP) is 5.49. The number of carbonyl (C=O) groups is 2. The van der Waals surface area contributed by atoms with E-state index in [9.17, 15) is 14.7 Å². The molecule has 0 aliphatic carbocycles. The largest absolute Gasteiger partial charge is 0.489 e. The molecule has 0 unspecified atom stereocenters. The van der Waals surface area contributed by atoms with Crippen LogP contribution in [-0.4, -0.2) is 46.7 Å². The average Bonchev–Trinajstić information content (AvgIpc) is 3.38. The number of hydrogen-bond donors (Lipinski definition) is 1. The van der Waals surface area contributed by atoms with E-state index in [4.69, 9.17) is 9.47 Å². The summed E-state index contributed by atoms with van der Waals surface area (Å²) in [6.45, 7) is 5.64. The van der Waals surface area contributed by atoms with Crippen LogP contribution in [0, 0.1) is 13.8 Å². The van der Waals surface area contributed by atoms with Crippen molar-refractivity contribution >= 4 is 17.7 Å². The number of benzene rings is 3. The molecular weight excluding hydrogens is 482 g/mol. The first-order valence-corrected chi connectivity index (χ1v) is 12.5. The molecule has 0 saturated carbocycles. The normalized spacial score (nSPS) is 12.5. The fourth-order valence-corrected chi connectivity index (χ4v) is 4.65. The van der Waals surface area contributed by atoms with Crippen molar-refractivity contribution in [2.24, 2.45) is 0 Å². The molecule has 0 fully saturated rings. The zero-order chi connectivity index (χ0) is 26.6. The van der Waals surface area contributed by atoms with Gasteiger partial charge in [0, 0.05) is 23.7 Å². The molecule has 1 aliphatic rings. The number of carboxylic acids is 1. The van der Waals surface area contributed by atoms with E-state index >= 15 is 0 Å². The molecule has 0 atom stereocenters. The van der Waals surface area contributed by atoms with Gasteiger partial charge in [0.1, 0.15) is 6.61 Å². The van der Waals surface area contributed by atoms with Crippen LogP contribution in [0.25, 0.3) is 11.1 Å². The molecule has 5 rings (SSSR count). The lowest BCUT2D eigenvalue weighted by Gasteiger charge is -2.30. The number of carbonyl (C=O) groups excluding carboxylic acids is 1. The Labute approximate surface area is 221 Å². The van der Waals surface area contributed by atoms with E-state index in [1.807, 2.05) is 36.5 Å². The molecule has 0 saturated heterocycles. The molecule has 1 N–H and O–H groups in total. The van der Waals surface area contributed by atoms with Crippen molar-refractivity contribution in [3.05, 3.63) is 101 Å². The molecule has 4 aromatic rings. The van der Waals surface area contributed by atoms with Gasteiger partial charge in [-0.1, -0.05) is 42.5 Å². The van der Waals surface area contributed by atoms with E-state index in [0.29, 0.717) is 44.2 Å². The van der Waals surface area contributed by atoms with Crippen molar-refractivity contribution in [3.63, 3.8) is 0 Å². The summed E-state index contributed by atoms with van der Waals surface area (Å²) in [4.78, 5) is 25.9. The molecule has 1 amide bonds. The number of ether oxygens (including phenoxy) is 2. The molecular formula is C30H29N3O5. The Kier molecular flexibility index (Phi) is 7.13. The minimum absolute atomic E-state index is 0.237. The van der Waals surface area contributed by atoms with E-state index in [1.165, 1.54) is 16.7 Å². The molecule has 8 heteroatoms. The zero-order valence-corrected chi connectivity index (χ0v) is 21.4. The van der Waals surface area contributed by atoms with E-state index in [2.05, 4.69) is 31.1 Å². The van der Waals surface area contributed by atoms with Crippen LogP contribution in [0.15, 0.2) is 73.1 Å². The zero-order valence-electron chi connectivity index (χ0n) is 21.4. The molecule has 0 bridgehead atoms. The van der Waals surface area contributed by atoms with Crippen LogP contribution in [0.2, 0.25) is 0 Å². The maximum atomic E-state index is 13.0. The summed E-state index contributed by atoms with van der Waals surface area (Å²) >= 11 is 0. The second-order valence-electron chi connectivity index (χ2n) is 9.31. The molecule has 38 heavy (non-hydrogen) atoms. The van der Waals surface area contributed by atoms with Crippen molar-refractivity contribution in [2.45, 2.75) is 26.8 Å². The van der Waals surface area contributed by atoms with Crippen LogP contribution in [0.1, 0.15) is 32.6 Å². The molecule has 1 aliphatic heterocycles. The number of anilines is 1. The molecule has 8 nitrogen and oxygen atoms in total. The van der Waals surface area contributed by atoms with Crippen molar-refractivity contribution in [1.29, 1.82) is 0 Å². The number of fused-ring (bicyclic) bond motifs is 1. The fourth-order valence-electron chi connectivity index (χ4n) is 4.65. The number of nitrogens with zero attached hydrogens (tertiary/aromatic N) is 3.